The largest absolute Gasteiger partial charge is 0.354 e. The van der Waals surface area contributed by atoms with Crippen LogP contribution >= 0.6 is 0 Å². The molecule has 0 aliphatic rings. The number of hydrazine groups is 1. The first-order chi connectivity index (χ1) is 6.65. The van der Waals surface area contributed by atoms with E-state index in [0.29, 0.717) is 0 Å². The van der Waals surface area contributed by atoms with Gasteiger partial charge in [-0.05, 0) is 0 Å². The SMILES string of the molecule is CNC(=O)c1[nH]cnc1NNC(N)=O. The Labute approximate surface area is 79.2 Å². The van der Waals surface area contributed by atoms with Crippen molar-refractivity contribution in [3.63, 3.8) is 0 Å². The molecule has 0 saturated carbocycles. The minimum absolute atomic E-state index is 0.197. The molecule has 1 aromatic heterocycles. The topological polar surface area (TPSA) is 125 Å². The summed E-state index contributed by atoms with van der Waals surface area (Å²) in [5, 5.41) is 2.40. The first-order valence-corrected chi connectivity index (χ1v) is 3.72. The maximum atomic E-state index is 11.2. The number of carbonyl (C=O) groups is 2. The van der Waals surface area contributed by atoms with E-state index in [0.717, 1.165) is 0 Å². The number of H-pyrrole nitrogens is 1. The number of rotatable bonds is 3. The molecule has 3 amide bonds. The summed E-state index contributed by atoms with van der Waals surface area (Å²) in [7, 11) is 1.48. The lowest BCUT2D eigenvalue weighted by atomic mass is 10.4. The van der Waals surface area contributed by atoms with Gasteiger partial charge in [-0.25, -0.2) is 9.78 Å². The number of imidazole rings is 1. The van der Waals surface area contributed by atoms with Gasteiger partial charge < -0.3 is 16.0 Å². The Morgan fingerprint density at radius 2 is 2.29 bits per heavy atom. The first kappa shape index (κ1) is 9.84. The molecule has 0 radical (unpaired) electrons. The second-order valence-electron chi connectivity index (χ2n) is 2.32. The van der Waals surface area contributed by atoms with Crippen molar-refractivity contribution in [1.82, 2.24) is 20.7 Å². The maximum absolute atomic E-state index is 11.2. The van der Waals surface area contributed by atoms with Gasteiger partial charge in [-0.1, -0.05) is 0 Å². The van der Waals surface area contributed by atoms with Crippen LogP contribution in [0.4, 0.5) is 10.6 Å². The van der Waals surface area contributed by atoms with Gasteiger partial charge in [-0.15, -0.1) is 0 Å². The fourth-order valence-electron chi connectivity index (χ4n) is 0.808. The second kappa shape index (κ2) is 4.12. The molecule has 0 aromatic carbocycles. The number of nitrogens with one attached hydrogen (secondary N) is 4. The molecule has 0 aliphatic carbocycles. The zero-order chi connectivity index (χ0) is 10.6. The molecule has 0 atom stereocenters. The van der Waals surface area contributed by atoms with E-state index in [9.17, 15) is 9.59 Å². The highest BCUT2D eigenvalue weighted by molar-refractivity contribution is 5.96. The van der Waals surface area contributed by atoms with Gasteiger partial charge in [0.25, 0.3) is 5.91 Å². The number of aromatic nitrogens is 2. The maximum Gasteiger partial charge on any atom is 0.330 e. The van der Waals surface area contributed by atoms with E-state index >= 15 is 0 Å². The third kappa shape index (κ3) is 2.12. The van der Waals surface area contributed by atoms with Crippen molar-refractivity contribution in [2.45, 2.75) is 0 Å². The molecule has 1 aromatic rings. The van der Waals surface area contributed by atoms with Gasteiger partial charge in [0.15, 0.2) is 5.82 Å². The molecule has 1 heterocycles. The fourth-order valence-corrected chi connectivity index (χ4v) is 0.808. The van der Waals surface area contributed by atoms with Crippen molar-refractivity contribution < 1.29 is 9.59 Å². The normalized spacial score (nSPS) is 9.21. The molecule has 8 heteroatoms. The molecule has 0 fully saturated rings. The van der Waals surface area contributed by atoms with E-state index in [4.69, 9.17) is 5.73 Å². The van der Waals surface area contributed by atoms with Crippen LogP contribution < -0.4 is 21.9 Å². The van der Waals surface area contributed by atoms with Crippen molar-refractivity contribution in [2.75, 3.05) is 12.5 Å². The van der Waals surface area contributed by atoms with Crippen LogP contribution in [0.15, 0.2) is 6.33 Å². The summed E-state index contributed by atoms with van der Waals surface area (Å²) in [5.74, 6) is -0.153. The Hall–Kier alpha value is -2.25. The smallest absolute Gasteiger partial charge is 0.330 e. The number of anilines is 1. The van der Waals surface area contributed by atoms with Gasteiger partial charge >= 0.3 is 6.03 Å². The Bertz CT molecular complexity index is 346. The number of hydrogen-bond acceptors (Lipinski definition) is 4. The Morgan fingerprint density at radius 1 is 1.57 bits per heavy atom. The zero-order valence-electron chi connectivity index (χ0n) is 7.42. The van der Waals surface area contributed by atoms with Crippen molar-refractivity contribution in [3.8, 4) is 0 Å². The lowest BCUT2D eigenvalue weighted by Gasteiger charge is -2.04. The van der Waals surface area contributed by atoms with Gasteiger partial charge in [0, 0.05) is 7.05 Å². The number of carbonyl (C=O) groups excluding carboxylic acids is 2. The number of nitrogens with two attached hydrogens (primary N) is 1. The molecule has 0 saturated heterocycles. The van der Waals surface area contributed by atoms with Gasteiger partial charge in [0.05, 0.1) is 6.33 Å². The van der Waals surface area contributed by atoms with Crippen LogP contribution in [0.1, 0.15) is 10.5 Å². The van der Waals surface area contributed by atoms with E-state index in [-0.39, 0.29) is 17.4 Å². The molecule has 76 valence electrons. The first-order valence-electron chi connectivity index (χ1n) is 3.72. The lowest BCUT2D eigenvalue weighted by Crippen LogP contribution is -2.35. The molecule has 6 N–H and O–H groups in total. The molecule has 0 bridgehead atoms. The summed E-state index contributed by atoms with van der Waals surface area (Å²) < 4.78 is 0. The number of nitrogens with zero attached hydrogens (tertiary/aromatic N) is 1. The number of primary amides is 1. The Balaban J connectivity index is 2.72. The molecule has 0 unspecified atom stereocenters. The van der Waals surface area contributed by atoms with Crippen molar-refractivity contribution in [3.05, 3.63) is 12.0 Å². The summed E-state index contributed by atoms with van der Waals surface area (Å²) in [4.78, 5) is 27.9. The molecule has 8 nitrogen and oxygen atoms in total. The van der Waals surface area contributed by atoms with E-state index in [1.807, 2.05) is 0 Å². The molecule has 14 heavy (non-hydrogen) atoms. The van der Waals surface area contributed by atoms with E-state index in [1.54, 1.807) is 0 Å². The highest BCUT2D eigenvalue weighted by atomic mass is 16.2. The molecular weight excluding hydrogens is 188 g/mol. The van der Waals surface area contributed by atoms with Crippen LogP contribution in [0.3, 0.4) is 0 Å². The van der Waals surface area contributed by atoms with Crippen LogP contribution in [-0.4, -0.2) is 29.0 Å². The average molecular weight is 198 g/mol. The lowest BCUT2D eigenvalue weighted by molar-refractivity contribution is 0.0959. The summed E-state index contributed by atoms with van der Waals surface area (Å²) in [6, 6.07) is -0.768. The highest BCUT2D eigenvalue weighted by Gasteiger charge is 2.12. The minimum atomic E-state index is -0.768. The monoisotopic (exact) mass is 198 g/mol. The van der Waals surface area contributed by atoms with Crippen LogP contribution in [0.25, 0.3) is 0 Å². The summed E-state index contributed by atoms with van der Waals surface area (Å²) >= 11 is 0. The number of aromatic amines is 1. The third-order valence-electron chi connectivity index (χ3n) is 1.40. The number of urea groups is 1. The highest BCUT2D eigenvalue weighted by Crippen LogP contribution is 2.06. The van der Waals surface area contributed by atoms with E-state index < -0.39 is 6.03 Å². The van der Waals surface area contributed by atoms with Crippen molar-refractivity contribution >= 4 is 17.8 Å². The summed E-state index contributed by atoms with van der Waals surface area (Å²) in [6.45, 7) is 0. The molecule has 0 spiro atoms. The van der Waals surface area contributed by atoms with Crippen LogP contribution in [0.2, 0.25) is 0 Å². The van der Waals surface area contributed by atoms with Gasteiger partial charge in [-0.2, -0.15) is 0 Å². The predicted molar refractivity (Wildman–Crippen MR) is 48.3 cm³/mol. The Kier molecular flexibility index (Phi) is 2.89. The number of amides is 3. The van der Waals surface area contributed by atoms with E-state index in [2.05, 4.69) is 26.1 Å². The second-order valence-corrected chi connectivity index (χ2v) is 2.32. The summed E-state index contributed by atoms with van der Waals surface area (Å²) in [6.07, 6.45) is 1.32. The van der Waals surface area contributed by atoms with Gasteiger partial charge in [0.1, 0.15) is 5.69 Å². The van der Waals surface area contributed by atoms with Crippen LogP contribution in [-0.2, 0) is 0 Å². The van der Waals surface area contributed by atoms with Crippen LogP contribution in [0.5, 0.6) is 0 Å². The van der Waals surface area contributed by atoms with Gasteiger partial charge in [-0.3, -0.25) is 15.6 Å². The molecule has 1 rings (SSSR count). The molecule has 0 aliphatic heterocycles. The van der Waals surface area contributed by atoms with Gasteiger partial charge in [0.2, 0.25) is 0 Å². The van der Waals surface area contributed by atoms with E-state index in [1.165, 1.54) is 13.4 Å². The predicted octanol–water partition coefficient (Wildman–Crippen LogP) is -1.24. The quantitative estimate of drug-likeness (QED) is 0.390. The Morgan fingerprint density at radius 3 is 2.86 bits per heavy atom. The standard InChI is InChI=1S/C6H10N6O2/c1-8-5(13)3-4(10-2-9-3)11-12-6(7)14/h2,11H,1H3,(H,8,13)(H,9,10)(H3,7,12,14). The van der Waals surface area contributed by atoms with Crippen molar-refractivity contribution in [2.24, 2.45) is 5.73 Å². The van der Waals surface area contributed by atoms with Crippen molar-refractivity contribution in [1.29, 1.82) is 0 Å². The average Bonchev–Trinajstić information content (AvgIpc) is 2.61. The third-order valence-corrected chi connectivity index (χ3v) is 1.40. The molecular formula is C6H10N6O2. The van der Waals surface area contributed by atoms with Crippen LogP contribution in [0, 0.1) is 0 Å². The number of hydrogen-bond donors (Lipinski definition) is 5. The minimum Gasteiger partial charge on any atom is -0.354 e. The zero-order valence-corrected chi connectivity index (χ0v) is 7.42. The summed E-state index contributed by atoms with van der Waals surface area (Å²) in [5.41, 5.74) is 9.50. The fraction of sp³-hybridized carbons (Fsp3) is 0.167.